The molecule has 0 heterocycles. The second-order valence-electron chi connectivity index (χ2n) is 5.32. The molecule has 2 aromatic rings. The third-order valence-corrected chi connectivity index (χ3v) is 4.11. The van der Waals surface area contributed by atoms with E-state index in [-0.39, 0.29) is 35.3 Å². The molecule has 2 amide bonds. The number of halogens is 2. The maximum Gasteiger partial charge on any atom is 0.256 e. The van der Waals surface area contributed by atoms with Crippen molar-refractivity contribution in [3.8, 4) is 5.75 Å². The summed E-state index contributed by atoms with van der Waals surface area (Å²) in [6.45, 7) is 2.47. The van der Waals surface area contributed by atoms with E-state index in [1.165, 1.54) is 13.2 Å². The lowest BCUT2D eigenvalue weighted by Gasteiger charge is -2.12. The maximum atomic E-state index is 12.3. The van der Waals surface area contributed by atoms with Gasteiger partial charge in [-0.15, -0.1) is 0 Å². The molecular formula is C18H18Cl2N2O3. The van der Waals surface area contributed by atoms with Crippen molar-refractivity contribution in [3.05, 3.63) is 63.1 Å². The van der Waals surface area contributed by atoms with Crippen molar-refractivity contribution < 1.29 is 14.3 Å². The topological polar surface area (TPSA) is 67.4 Å². The largest absolute Gasteiger partial charge is 0.494 e. The molecule has 0 aliphatic heterocycles. The number of nitrogens with one attached hydrogen (secondary N) is 2. The van der Waals surface area contributed by atoms with Gasteiger partial charge in [-0.1, -0.05) is 40.9 Å². The van der Waals surface area contributed by atoms with E-state index in [0.29, 0.717) is 10.6 Å². The Morgan fingerprint density at radius 2 is 1.48 bits per heavy atom. The van der Waals surface area contributed by atoms with E-state index in [0.717, 1.165) is 5.56 Å². The summed E-state index contributed by atoms with van der Waals surface area (Å²) in [5.41, 5.74) is 1.81. The van der Waals surface area contributed by atoms with Crippen LogP contribution in [0.3, 0.4) is 0 Å². The zero-order valence-electron chi connectivity index (χ0n) is 13.9. The fourth-order valence-electron chi connectivity index (χ4n) is 2.19. The molecule has 25 heavy (non-hydrogen) atoms. The minimum atomic E-state index is -0.422. The van der Waals surface area contributed by atoms with E-state index in [2.05, 4.69) is 10.6 Å². The lowest BCUT2D eigenvalue weighted by Crippen LogP contribution is -2.35. The van der Waals surface area contributed by atoms with E-state index in [1.807, 2.05) is 19.1 Å². The van der Waals surface area contributed by atoms with Crippen LogP contribution >= 0.6 is 23.2 Å². The Bertz CT molecular complexity index is 777. The molecule has 2 aromatic carbocycles. The molecule has 0 aliphatic rings. The van der Waals surface area contributed by atoms with E-state index in [9.17, 15) is 9.59 Å². The Morgan fingerprint density at radius 1 is 0.920 bits per heavy atom. The van der Waals surface area contributed by atoms with Gasteiger partial charge in [0, 0.05) is 18.7 Å². The third kappa shape index (κ3) is 4.87. The highest BCUT2D eigenvalue weighted by atomic mass is 35.5. The van der Waals surface area contributed by atoms with Gasteiger partial charge in [0.2, 0.25) is 0 Å². The first kappa shape index (κ1) is 19.1. The highest BCUT2D eigenvalue weighted by Crippen LogP contribution is 2.33. The van der Waals surface area contributed by atoms with Gasteiger partial charge in [0.15, 0.2) is 5.75 Å². The van der Waals surface area contributed by atoms with Gasteiger partial charge in [-0.05, 0) is 31.2 Å². The molecule has 0 fully saturated rings. The lowest BCUT2D eigenvalue weighted by molar-refractivity contribution is 0.0926. The first-order valence-corrected chi connectivity index (χ1v) is 8.34. The fourth-order valence-corrected chi connectivity index (χ4v) is 2.66. The average molecular weight is 381 g/mol. The van der Waals surface area contributed by atoms with Crippen LogP contribution in [0.25, 0.3) is 0 Å². The molecule has 2 rings (SSSR count). The quantitative estimate of drug-likeness (QED) is 0.753. The monoisotopic (exact) mass is 380 g/mol. The number of rotatable bonds is 6. The van der Waals surface area contributed by atoms with Crippen molar-refractivity contribution in [1.82, 2.24) is 10.6 Å². The van der Waals surface area contributed by atoms with Crippen molar-refractivity contribution in [2.24, 2.45) is 0 Å². The van der Waals surface area contributed by atoms with Gasteiger partial charge in [-0.3, -0.25) is 9.59 Å². The predicted octanol–water partition coefficient (Wildman–Crippen LogP) is 3.47. The van der Waals surface area contributed by atoms with Gasteiger partial charge >= 0.3 is 0 Å². The van der Waals surface area contributed by atoms with Crippen molar-refractivity contribution in [1.29, 1.82) is 0 Å². The summed E-state index contributed by atoms with van der Waals surface area (Å²) in [5.74, 6) is -0.406. The van der Waals surface area contributed by atoms with Crippen LogP contribution < -0.4 is 15.4 Å². The molecule has 0 unspecified atom stereocenters. The van der Waals surface area contributed by atoms with Crippen LogP contribution in [-0.4, -0.2) is 32.0 Å². The highest BCUT2D eigenvalue weighted by molar-refractivity contribution is 6.37. The molecule has 0 atom stereocenters. The Balaban J connectivity index is 1.90. The molecule has 0 aromatic heterocycles. The smallest absolute Gasteiger partial charge is 0.256 e. The van der Waals surface area contributed by atoms with E-state index < -0.39 is 5.91 Å². The van der Waals surface area contributed by atoms with Crippen LogP contribution in [0.5, 0.6) is 5.75 Å². The summed E-state index contributed by atoms with van der Waals surface area (Å²) in [6.07, 6.45) is 0. The molecular weight excluding hydrogens is 363 g/mol. The van der Waals surface area contributed by atoms with Gasteiger partial charge in [0.05, 0.1) is 17.2 Å². The zero-order chi connectivity index (χ0) is 18.4. The summed E-state index contributed by atoms with van der Waals surface area (Å²) in [7, 11) is 1.41. The number of hydrogen-bond acceptors (Lipinski definition) is 3. The van der Waals surface area contributed by atoms with Gasteiger partial charge in [0.25, 0.3) is 11.8 Å². The SMILES string of the molecule is COc1c(Cl)ccc(Cl)c1C(=O)NCCNC(=O)c1ccc(C)cc1. The van der Waals surface area contributed by atoms with Crippen LogP contribution in [0.2, 0.25) is 10.0 Å². The van der Waals surface area contributed by atoms with Crippen LogP contribution in [0.15, 0.2) is 36.4 Å². The summed E-state index contributed by atoms with van der Waals surface area (Å²) in [6, 6.07) is 10.3. The minimum Gasteiger partial charge on any atom is -0.494 e. The fraction of sp³-hybridized carbons (Fsp3) is 0.222. The number of benzene rings is 2. The number of carbonyl (C=O) groups is 2. The first-order valence-electron chi connectivity index (χ1n) is 7.59. The van der Waals surface area contributed by atoms with Gasteiger partial charge in [-0.25, -0.2) is 0 Å². The van der Waals surface area contributed by atoms with Gasteiger partial charge < -0.3 is 15.4 Å². The molecule has 0 radical (unpaired) electrons. The summed E-state index contributed by atoms with van der Waals surface area (Å²) in [5, 5.41) is 5.95. The summed E-state index contributed by atoms with van der Waals surface area (Å²) in [4.78, 5) is 24.3. The molecule has 132 valence electrons. The molecule has 0 spiro atoms. The van der Waals surface area contributed by atoms with E-state index >= 15 is 0 Å². The number of amides is 2. The second-order valence-corrected chi connectivity index (χ2v) is 6.13. The number of ether oxygens (including phenoxy) is 1. The van der Waals surface area contributed by atoms with Crippen molar-refractivity contribution in [2.75, 3.05) is 20.2 Å². The predicted molar refractivity (Wildman–Crippen MR) is 98.9 cm³/mol. The molecule has 0 saturated heterocycles. The Kier molecular flexibility index (Phi) is 6.67. The van der Waals surface area contributed by atoms with Crippen molar-refractivity contribution in [3.63, 3.8) is 0 Å². The van der Waals surface area contributed by atoms with E-state index in [1.54, 1.807) is 18.2 Å². The van der Waals surface area contributed by atoms with Gasteiger partial charge in [0.1, 0.15) is 5.56 Å². The van der Waals surface area contributed by atoms with Crippen LogP contribution in [-0.2, 0) is 0 Å². The normalized spacial score (nSPS) is 10.2. The molecule has 0 saturated carbocycles. The maximum absolute atomic E-state index is 12.3. The third-order valence-electron chi connectivity index (χ3n) is 3.50. The number of aryl methyl sites for hydroxylation is 1. The van der Waals surface area contributed by atoms with Crippen LogP contribution in [0.1, 0.15) is 26.3 Å². The number of carbonyl (C=O) groups excluding carboxylic acids is 2. The Hall–Kier alpha value is -2.24. The molecule has 0 aliphatic carbocycles. The van der Waals surface area contributed by atoms with Crippen LogP contribution in [0.4, 0.5) is 0 Å². The Labute approximate surface area is 156 Å². The van der Waals surface area contributed by atoms with Crippen molar-refractivity contribution >= 4 is 35.0 Å². The zero-order valence-corrected chi connectivity index (χ0v) is 15.4. The number of hydrogen-bond donors (Lipinski definition) is 2. The molecule has 2 N–H and O–H groups in total. The average Bonchev–Trinajstić information content (AvgIpc) is 2.60. The second kappa shape index (κ2) is 8.74. The lowest BCUT2D eigenvalue weighted by atomic mass is 10.1. The van der Waals surface area contributed by atoms with E-state index in [4.69, 9.17) is 27.9 Å². The highest BCUT2D eigenvalue weighted by Gasteiger charge is 2.19. The molecule has 7 heteroatoms. The van der Waals surface area contributed by atoms with Gasteiger partial charge in [-0.2, -0.15) is 0 Å². The Morgan fingerprint density at radius 3 is 2.08 bits per heavy atom. The van der Waals surface area contributed by atoms with Crippen molar-refractivity contribution in [2.45, 2.75) is 6.92 Å². The molecule has 0 bridgehead atoms. The number of methoxy groups -OCH3 is 1. The minimum absolute atomic E-state index is 0.168. The van der Waals surface area contributed by atoms with Crippen LogP contribution in [0, 0.1) is 6.92 Å². The summed E-state index contributed by atoms with van der Waals surface area (Å²) >= 11 is 12.1. The summed E-state index contributed by atoms with van der Waals surface area (Å²) < 4.78 is 5.14. The standard InChI is InChI=1S/C18H18Cl2N2O3/c1-11-3-5-12(6-4-11)17(23)21-9-10-22-18(24)15-13(19)7-8-14(20)16(15)25-2/h3-8H,9-10H2,1-2H3,(H,21,23)(H,22,24). The molecule has 5 nitrogen and oxygen atoms in total. The first-order chi connectivity index (χ1) is 11.9.